The van der Waals surface area contributed by atoms with Gasteiger partial charge in [0.1, 0.15) is 0 Å². The standard InChI is InChI=1S/C20H21N3OS/c24-20(9-15-10-21-18-4-2-1-3-17(15)18)23-12-16(13-23)22-7-5-19-14(11-22)6-8-25-19/h1-4,6,8,10,16,21H,5,7,9,11-13H2. The molecule has 4 heterocycles. The Morgan fingerprint density at radius 2 is 2.12 bits per heavy atom. The number of hydrogen-bond donors (Lipinski definition) is 1. The van der Waals surface area contributed by atoms with Crippen LogP contribution in [0.3, 0.4) is 0 Å². The minimum absolute atomic E-state index is 0.245. The fraction of sp³-hybridized carbons (Fsp3) is 0.350. The van der Waals surface area contributed by atoms with Crippen molar-refractivity contribution in [3.63, 3.8) is 0 Å². The molecule has 1 fully saturated rings. The summed E-state index contributed by atoms with van der Waals surface area (Å²) in [7, 11) is 0. The summed E-state index contributed by atoms with van der Waals surface area (Å²) < 4.78 is 0. The predicted octanol–water partition coefficient (Wildman–Crippen LogP) is 3.04. The third-order valence-corrected chi connectivity index (χ3v) is 6.61. The molecule has 128 valence electrons. The second-order valence-corrected chi connectivity index (χ2v) is 8.08. The van der Waals surface area contributed by atoms with Crippen LogP contribution < -0.4 is 0 Å². The maximum absolute atomic E-state index is 12.6. The van der Waals surface area contributed by atoms with Gasteiger partial charge in [-0.05, 0) is 35.1 Å². The molecule has 0 bridgehead atoms. The number of carbonyl (C=O) groups excluding carboxylic acids is 1. The lowest BCUT2D eigenvalue weighted by molar-refractivity contribution is -0.138. The Bertz CT molecular complexity index is 922. The van der Waals surface area contributed by atoms with E-state index in [2.05, 4.69) is 33.5 Å². The maximum atomic E-state index is 12.6. The molecular weight excluding hydrogens is 330 g/mol. The van der Waals surface area contributed by atoms with Gasteiger partial charge >= 0.3 is 0 Å². The zero-order valence-electron chi connectivity index (χ0n) is 14.1. The number of rotatable bonds is 3. The topological polar surface area (TPSA) is 39.3 Å². The normalized spacial score (nSPS) is 18.3. The average molecular weight is 351 g/mol. The first-order valence-corrected chi connectivity index (χ1v) is 9.78. The Balaban J connectivity index is 1.20. The number of aromatic amines is 1. The number of hydrogen-bond acceptors (Lipinski definition) is 3. The fourth-order valence-electron chi connectivity index (χ4n) is 4.02. The van der Waals surface area contributed by atoms with Gasteiger partial charge in [-0.1, -0.05) is 18.2 Å². The van der Waals surface area contributed by atoms with E-state index in [0.29, 0.717) is 12.5 Å². The maximum Gasteiger partial charge on any atom is 0.227 e. The SMILES string of the molecule is O=C(Cc1c[nH]c2ccccc12)N1CC(N2CCc3sccc3C2)C1. The number of likely N-dealkylation sites (tertiary alicyclic amines) is 1. The number of carbonyl (C=O) groups is 1. The summed E-state index contributed by atoms with van der Waals surface area (Å²) in [5, 5.41) is 3.36. The van der Waals surface area contributed by atoms with E-state index in [-0.39, 0.29) is 5.91 Å². The molecule has 2 aliphatic rings. The molecule has 3 aromatic rings. The molecule has 4 nitrogen and oxygen atoms in total. The van der Waals surface area contributed by atoms with E-state index in [4.69, 9.17) is 0 Å². The number of fused-ring (bicyclic) bond motifs is 2. The van der Waals surface area contributed by atoms with Crippen LogP contribution in [0.4, 0.5) is 0 Å². The molecule has 1 saturated heterocycles. The lowest BCUT2D eigenvalue weighted by atomic mass is 10.0. The summed E-state index contributed by atoms with van der Waals surface area (Å²) in [4.78, 5) is 22.0. The van der Waals surface area contributed by atoms with E-state index >= 15 is 0 Å². The van der Waals surface area contributed by atoms with Crippen LogP contribution in [0.1, 0.15) is 16.0 Å². The van der Waals surface area contributed by atoms with Gasteiger partial charge in [-0.25, -0.2) is 0 Å². The van der Waals surface area contributed by atoms with Gasteiger partial charge in [0, 0.05) is 54.2 Å². The summed E-state index contributed by atoms with van der Waals surface area (Å²) in [5.74, 6) is 0.245. The van der Waals surface area contributed by atoms with Crippen molar-refractivity contribution in [2.75, 3.05) is 19.6 Å². The highest BCUT2D eigenvalue weighted by molar-refractivity contribution is 7.10. The Labute approximate surface area is 151 Å². The number of amides is 1. The van der Waals surface area contributed by atoms with Gasteiger partial charge in [-0.15, -0.1) is 11.3 Å². The largest absolute Gasteiger partial charge is 0.361 e. The van der Waals surface area contributed by atoms with Crippen molar-refractivity contribution >= 4 is 28.1 Å². The second-order valence-electron chi connectivity index (χ2n) is 7.08. The van der Waals surface area contributed by atoms with E-state index in [9.17, 15) is 4.79 Å². The smallest absolute Gasteiger partial charge is 0.227 e. The van der Waals surface area contributed by atoms with Crippen molar-refractivity contribution in [3.8, 4) is 0 Å². The monoisotopic (exact) mass is 351 g/mol. The van der Waals surface area contributed by atoms with Gasteiger partial charge in [0.05, 0.1) is 6.42 Å². The van der Waals surface area contributed by atoms with Crippen molar-refractivity contribution in [2.45, 2.75) is 25.4 Å². The molecule has 1 N–H and O–H groups in total. The second kappa shape index (κ2) is 6.00. The van der Waals surface area contributed by atoms with Gasteiger partial charge in [0.25, 0.3) is 0 Å². The van der Waals surface area contributed by atoms with Crippen molar-refractivity contribution in [3.05, 3.63) is 57.9 Å². The first-order valence-electron chi connectivity index (χ1n) is 8.90. The number of nitrogens with zero attached hydrogens (tertiary/aromatic N) is 2. The van der Waals surface area contributed by atoms with Crippen molar-refractivity contribution in [1.29, 1.82) is 0 Å². The number of H-pyrrole nitrogens is 1. The molecule has 0 unspecified atom stereocenters. The lowest BCUT2D eigenvalue weighted by Crippen LogP contribution is -2.61. The predicted molar refractivity (Wildman–Crippen MR) is 101 cm³/mol. The molecule has 0 radical (unpaired) electrons. The van der Waals surface area contributed by atoms with Crippen LogP contribution in [0.25, 0.3) is 10.9 Å². The average Bonchev–Trinajstić information content (AvgIpc) is 3.20. The molecule has 25 heavy (non-hydrogen) atoms. The number of thiophene rings is 1. The summed E-state index contributed by atoms with van der Waals surface area (Å²) in [6, 6.07) is 11.0. The van der Waals surface area contributed by atoms with Crippen LogP contribution in [-0.4, -0.2) is 46.4 Å². The molecule has 1 aromatic carbocycles. The molecule has 0 spiro atoms. The highest BCUT2D eigenvalue weighted by atomic mass is 32.1. The molecule has 2 aromatic heterocycles. The third-order valence-electron chi connectivity index (χ3n) is 5.59. The molecule has 5 heteroatoms. The number of aromatic nitrogens is 1. The molecule has 0 aliphatic carbocycles. The Morgan fingerprint density at radius 3 is 3.04 bits per heavy atom. The van der Waals surface area contributed by atoms with E-state index in [0.717, 1.165) is 49.1 Å². The zero-order chi connectivity index (χ0) is 16.8. The van der Waals surface area contributed by atoms with E-state index in [1.165, 1.54) is 5.56 Å². The Kier molecular flexibility index (Phi) is 3.64. The molecule has 2 aliphatic heterocycles. The van der Waals surface area contributed by atoms with Crippen LogP contribution in [-0.2, 0) is 24.2 Å². The van der Waals surface area contributed by atoms with Crippen molar-refractivity contribution in [2.24, 2.45) is 0 Å². The van der Waals surface area contributed by atoms with Crippen molar-refractivity contribution < 1.29 is 4.79 Å². The van der Waals surface area contributed by atoms with Gasteiger partial charge in [-0.3, -0.25) is 9.69 Å². The van der Waals surface area contributed by atoms with Crippen molar-refractivity contribution in [1.82, 2.24) is 14.8 Å². The minimum Gasteiger partial charge on any atom is -0.361 e. The van der Waals surface area contributed by atoms with Crippen LogP contribution >= 0.6 is 11.3 Å². The minimum atomic E-state index is 0.245. The number of nitrogens with one attached hydrogen (secondary N) is 1. The van der Waals surface area contributed by atoms with Crippen LogP contribution in [0.5, 0.6) is 0 Å². The Morgan fingerprint density at radius 1 is 1.24 bits per heavy atom. The first-order chi connectivity index (χ1) is 12.3. The highest BCUT2D eigenvalue weighted by Gasteiger charge is 2.36. The first kappa shape index (κ1) is 15.2. The summed E-state index contributed by atoms with van der Waals surface area (Å²) in [5.41, 5.74) is 3.69. The molecule has 0 saturated carbocycles. The highest BCUT2D eigenvalue weighted by Crippen LogP contribution is 2.28. The van der Waals surface area contributed by atoms with Gasteiger partial charge in [-0.2, -0.15) is 0 Å². The Hall–Kier alpha value is -2.11. The van der Waals surface area contributed by atoms with E-state index < -0.39 is 0 Å². The van der Waals surface area contributed by atoms with Gasteiger partial charge in [0.2, 0.25) is 5.91 Å². The summed E-state index contributed by atoms with van der Waals surface area (Å²) >= 11 is 1.88. The lowest BCUT2D eigenvalue weighted by Gasteiger charge is -2.46. The molecular formula is C20H21N3OS. The summed E-state index contributed by atoms with van der Waals surface area (Å²) in [6.45, 7) is 3.93. The van der Waals surface area contributed by atoms with Crippen LogP contribution in [0.15, 0.2) is 41.9 Å². The fourth-order valence-corrected chi connectivity index (χ4v) is 4.91. The van der Waals surface area contributed by atoms with Gasteiger partial charge in [0.15, 0.2) is 0 Å². The van der Waals surface area contributed by atoms with Gasteiger partial charge < -0.3 is 9.88 Å². The zero-order valence-corrected chi connectivity index (χ0v) is 14.9. The summed E-state index contributed by atoms with van der Waals surface area (Å²) in [6.07, 6.45) is 3.63. The quantitative estimate of drug-likeness (QED) is 0.788. The number of benzene rings is 1. The number of para-hydroxylation sites is 1. The van der Waals surface area contributed by atoms with E-state index in [1.807, 2.05) is 34.6 Å². The molecule has 0 atom stereocenters. The van der Waals surface area contributed by atoms with Crippen LogP contribution in [0.2, 0.25) is 0 Å². The van der Waals surface area contributed by atoms with Crippen LogP contribution in [0, 0.1) is 0 Å². The molecule has 1 amide bonds. The third kappa shape index (κ3) is 2.68. The van der Waals surface area contributed by atoms with E-state index in [1.54, 1.807) is 4.88 Å². The molecule has 5 rings (SSSR count).